The number of halogens is 1. The highest BCUT2D eigenvalue weighted by Gasteiger charge is 2.46. The van der Waals surface area contributed by atoms with E-state index in [4.69, 9.17) is 0 Å². The van der Waals surface area contributed by atoms with Crippen LogP contribution in [-0.4, -0.2) is 35.0 Å². The average Bonchev–Trinajstić information content (AvgIpc) is 3.18. The quantitative estimate of drug-likeness (QED) is 0.825. The monoisotopic (exact) mass is 304 g/mol. The summed E-state index contributed by atoms with van der Waals surface area (Å²) < 4.78 is 13.2. The van der Waals surface area contributed by atoms with Crippen LogP contribution < -0.4 is 5.32 Å². The summed E-state index contributed by atoms with van der Waals surface area (Å²) in [5.41, 5.74) is 1.17. The van der Waals surface area contributed by atoms with Crippen molar-refractivity contribution >= 4 is 18.1 Å². The van der Waals surface area contributed by atoms with Crippen molar-refractivity contribution in [1.29, 1.82) is 0 Å². The first kappa shape index (κ1) is 14.7. The van der Waals surface area contributed by atoms with Crippen molar-refractivity contribution in [3.8, 4) is 5.75 Å². The number of carbonyl (C=O) groups excluding carboxylic acids is 1. The van der Waals surface area contributed by atoms with Gasteiger partial charge in [0, 0.05) is 25.5 Å². The Morgan fingerprint density at radius 1 is 1.41 bits per heavy atom. The number of phenols is 1. The molecule has 5 nitrogen and oxygen atoms in total. The van der Waals surface area contributed by atoms with Crippen molar-refractivity contribution in [1.82, 2.24) is 5.32 Å². The highest BCUT2D eigenvalue weighted by molar-refractivity contribution is 5.85. The second-order valence-electron chi connectivity index (χ2n) is 5.75. The summed E-state index contributed by atoms with van der Waals surface area (Å²) in [6.45, 7) is 0. The Bertz CT molecular complexity index is 665. The molecule has 3 rings (SSSR count). The Labute approximate surface area is 128 Å². The number of rotatable bonds is 2. The zero-order valence-corrected chi connectivity index (χ0v) is 12.4. The molecule has 1 unspecified atom stereocenters. The number of aliphatic imine (C=N–C) groups is 1. The second-order valence-corrected chi connectivity index (χ2v) is 5.75. The van der Waals surface area contributed by atoms with E-state index < -0.39 is 11.6 Å². The minimum atomic E-state index is -0.672. The predicted octanol–water partition coefficient (Wildman–Crippen LogP) is 2.97. The van der Waals surface area contributed by atoms with Gasteiger partial charge in [0.1, 0.15) is 17.9 Å². The maximum absolute atomic E-state index is 13.2. The van der Waals surface area contributed by atoms with Crippen LogP contribution in [0, 0.1) is 5.82 Å². The third kappa shape index (κ3) is 2.29. The third-order valence-corrected chi connectivity index (χ3v) is 4.46. The Balaban J connectivity index is 2.00. The molecular weight excluding hydrogens is 285 g/mol. The van der Waals surface area contributed by atoms with Crippen molar-refractivity contribution in [3.63, 3.8) is 0 Å². The molecule has 1 aliphatic heterocycles. The lowest BCUT2D eigenvalue weighted by Gasteiger charge is -2.30. The van der Waals surface area contributed by atoms with Gasteiger partial charge in [0.2, 0.25) is 6.34 Å². The van der Waals surface area contributed by atoms with Gasteiger partial charge in [-0.05, 0) is 31.0 Å². The number of nitrogens with one attached hydrogen (secondary N) is 1. The van der Waals surface area contributed by atoms with Gasteiger partial charge in [0.15, 0.2) is 11.6 Å². The first-order chi connectivity index (χ1) is 10.6. The van der Waals surface area contributed by atoms with Gasteiger partial charge < -0.3 is 10.4 Å². The SMILES string of the molecule is CNC(=O)[N+]1(C2CCCC2)C=NC(c2ccc(F)c(O)c2)=C1. The molecule has 0 spiro atoms. The van der Waals surface area contributed by atoms with Crippen LogP contribution in [0.5, 0.6) is 5.75 Å². The van der Waals surface area contributed by atoms with Crippen molar-refractivity contribution in [2.24, 2.45) is 4.99 Å². The second kappa shape index (κ2) is 5.53. The van der Waals surface area contributed by atoms with Gasteiger partial charge in [-0.25, -0.2) is 9.18 Å². The molecule has 116 valence electrons. The average molecular weight is 304 g/mol. The zero-order chi connectivity index (χ0) is 15.7. The molecule has 1 saturated carbocycles. The van der Waals surface area contributed by atoms with E-state index in [1.165, 1.54) is 12.1 Å². The molecule has 1 fully saturated rings. The van der Waals surface area contributed by atoms with Gasteiger partial charge in [-0.2, -0.15) is 9.48 Å². The topological polar surface area (TPSA) is 61.7 Å². The smallest absolute Gasteiger partial charge is 0.427 e. The molecule has 1 heterocycles. The summed E-state index contributed by atoms with van der Waals surface area (Å²) in [6.07, 6.45) is 7.59. The van der Waals surface area contributed by atoms with E-state index in [2.05, 4.69) is 10.3 Å². The van der Waals surface area contributed by atoms with Crippen LogP contribution in [0.4, 0.5) is 9.18 Å². The van der Waals surface area contributed by atoms with Gasteiger partial charge in [0.05, 0.1) is 0 Å². The molecule has 2 N–H and O–H groups in total. The number of amides is 2. The summed E-state index contributed by atoms with van der Waals surface area (Å²) in [5, 5.41) is 12.2. The van der Waals surface area contributed by atoms with Gasteiger partial charge in [0.25, 0.3) is 0 Å². The van der Waals surface area contributed by atoms with Crippen molar-refractivity contribution in [2.75, 3.05) is 7.05 Å². The molecule has 22 heavy (non-hydrogen) atoms. The highest BCUT2D eigenvalue weighted by atomic mass is 19.1. The van der Waals surface area contributed by atoms with Gasteiger partial charge in [-0.15, -0.1) is 0 Å². The number of aromatic hydroxyl groups is 1. The lowest BCUT2D eigenvalue weighted by molar-refractivity contribution is -0.721. The largest absolute Gasteiger partial charge is 0.505 e. The lowest BCUT2D eigenvalue weighted by Crippen LogP contribution is -2.56. The molecule has 0 radical (unpaired) electrons. The number of carbonyl (C=O) groups is 1. The summed E-state index contributed by atoms with van der Waals surface area (Å²) in [5.74, 6) is -1.09. The van der Waals surface area contributed by atoms with Crippen LogP contribution in [0.15, 0.2) is 29.4 Å². The van der Waals surface area contributed by atoms with E-state index in [1.807, 2.05) is 0 Å². The summed E-state index contributed by atoms with van der Waals surface area (Å²) in [4.78, 5) is 16.8. The molecule has 6 heteroatoms. The fourth-order valence-electron chi connectivity index (χ4n) is 3.25. The Kier molecular flexibility index (Phi) is 3.70. The fraction of sp³-hybridized carbons (Fsp3) is 0.375. The lowest BCUT2D eigenvalue weighted by atomic mass is 10.1. The van der Waals surface area contributed by atoms with Crippen molar-refractivity contribution in [3.05, 3.63) is 35.8 Å². The minimum Gasteiger partial charge on any atom is -0.505 e. The number of phenolic OH excluding ortho intramolecular Hbond substituents is 1. The molecule has 2 aliphatic rings. The third-order valence-electron chi connectivity index (χ3n) is 4.46. The summed E-state index contributed by atoms with van der Waals surface area (Å²) in [6, 6.07) is 4.13. The van der Waals surface area contributed by atoms with Crippen LogP contribution in [0.2, 0.25) is 0 Å². The number of hydrogen-bond donors (Lipinski definition) is 2. The molecule has 0 bridgehead atoms. The number of hydrogen-bond acceptors (Lipinski definition) is 3. The molecule has 0 aromatic heterocycles. The Morgan fingerprint density at radius 2 is 2.14 bits per heavy atom. The van der Waals surface area contributed by atoms with Gasteiger partial charge >= 0.3 is 6.03 Å². The number of quaternary nitrogens is 1. The first-order valence-electron chi connectivity index (χ1n) is 7.44. The molecule has 0 saturated heterocycles. The van der Waals surface area contributed by atoms with E-state index in [0.29, 0.717) is 11.3 Å². The predicted molar refractivity (Wildman–Crippen MR) is 81.5 cm³/mol. The molecule has 1 aliphatic carbocycles. The van der Waals surface area contributed by atoms with Crippen LogP contribution in [0.3, 0.4) is 0 Å². The van der Waals surface area contributed by atoms with E-state index >= 15 is 0 Å². The van der Waals surface area contributed by atoms with E-state index in [-0.39, 0.29) is 16.6 Å². The standard InChI is InChI=1S/C16H18FN3O2/c1-18-16(22)20(12-4-2-3-5-12)9-14(19-10-20)11-6-7-13(17)15(21)8-11/h6-10,12H,2-5H2,1H3,(H-,18,21,22)/p+1. The van der Waals surface area contributed by atoms with E-state index in [0.717, 1.165) is 25.7 Å². The minimum absolute atomic E-state index is 0.0456. The summed E-state index contributed by atoms with van der Waals surface area (Å²) in [7, 11) is 1.61. The van der Waals surface area contributed by atoms with E-state index in [1.54, 1.807) is 25.7 Å². The molecule has 1 atom stereocenters. The molecule has 2 amide bonds. The first-order valence-corrected chi connectivity index (χ1v) is 7.44. The maximum Gasteiger partial charge on any atom is 0.427 e. The molecular formula is C16H19FN3O2+. The highest BCUT2D eigenvalue weighted by Crippen LogP contribution is 2.35. The Morgan fingerprint density at radius 3 is 2.77 bits per heavy atom. The molecule has 1 aromatic carbocycles. The normalized spacial score (nSPS) is 24.5. The van der Waals surface area contributed by atoms with Crippen molar-refractivity contribution in [2.45, 2.75) is 31.7 Å². The number of nitrogens with zero attached hydrogens (tertiary/aromatic N) is 2. The van der Waals surface area contributed by atoms with Crippen LogP contribution in [0.25, 0.3) is 5.70 Å². The fourth-order valence-corrected chi connectivity index (χ4v) is 3.25. The van der Waals surface area contributed by atoms with E-state index in [9.17, 15) is 14.3 Å². The molecule has 1 aromatic rings. The van der Waals surface area contributed by atoms with Crippen LogP contribution in [0.1, 0.15) is 31.2 Å². The number of urea groups is 1. The summed E-state index contributed by atoms with van der Waals surface area (Å²) >= 11 is 0. The van der Waals surface area contributed by atoms with Crippen LogP contribution >= 0.6 is 0 Å². The zero-order valence-electron chi connectivity index (χ0n) is 12.4. The van der Waals surface area contributed by atoms with Gasteiger partial charge in [-0.3, -0.25) is 0 Å². The number of benzene rings is 1. The van der Waals surface area contributed by atoms with Gasteiger partial charge in [-0.1, -0.05) is 0 Å². The van der Waals surface area contributed by atoms with Crippen LogP contribution in [-0.2, 0) is 0 Å². The maximum atomic E-state index is 13.2. The Hall–Kier alpha value is -2.21. The van der Waals surface area contributed by atoms with Crippen molar-refractivity contribution < 1.29 is 18.8 Å².